The maximum atomic E-state index is 10.9. The van der Waals surface area contributed by atoms with Gasteiger partial charge < -0.3 is 15.3 Å². The summed E-state index contributed by atoms with van der Waals surface area (Å²) >= 11 is 0. The maximum Gasteiger partial charge on any atom is 0.335 e. The highest BCUT2D eigenvalue weighted by Crippen LogP contribution is 2.40. The number of hydrogen-bond donors (Lipinski definition) is 2. The van der Waals surface area contributed by atoms with E-state index >= 15 is 0 Å². The molecule has 2 atom stereocenters. The number of nitrogens with zero attached hydrogens (tertiary/aromatic N) is 1. The number of hydrogen-bond acceptors (Lipinski definition) is 3. The molecule has 0 radical (unpaired) electrons. The summed E-state index contributed by atoms with van der Waals surface area (Å²) in [6.07, 6.45) is 4.81. The van der Waals surface area contributed by atoms with Crippen LogP contribution in [0.5, 0.6) is 0 Å². The molecule has 28 heavy (non-hydrogen) atoms. The second kappa shape index (κ2) is 8.89. The Labute approximate surface area is 167 Å². The second-order valence-corrected chi connectivity index (χ2v) is 8.30. The van der Waals surface area contributed by atoms with Crippen LogP contribution >= 0.6 is 0 Å². The molecular formula is C24H30N2O2. The van der Waals surface area contributed by atoms with Crippen molar-refractivity contribution < 1.29 is 9.90 Å². The van der Waals surface area contributed by atoms with Gasteiger partial charge in [-0.2, -0.15) is 0 Å². The molecule has 0 bridgehead atoms. The molecule has 4 nitrogen and oxygen atoms in total. The first-order valence-corrected chi connectivity index (χ1v) is 10.5. The van der Waals surface area contributed by atoms with Crippen LogP contribution in [-0.4, -0.2) is 48.2 Å². The van der Waals surface area contributed by atoms with E-state index in [0.717, 1.165) is 25.4 Å². The molecule has 148 valence electrons. The number of rotatable bonds is 8. The highest BCUT2D eigenvalue weighted by Gasteiger charge is 2.38. The maximum absolute atomic E-state index is 10.9. The van der Waals surface area contributed by atoms with Crippen LogP contribution in [-0.2, 0) is 6.42 Å². The summed E-state index contributed by atoms with van der Waals surface area (Å²) in [5, 5.41) is 12.8. The average molecular weight is 379 g/mol. The van der Waals surface area contributed by atoms with Crippen molar-refractivity contribution in [2.45, 2.75) is 37.6 Å². The molecule has 2 N–H and O–H groups in total. The van der Waals surface area contributed by atoms with E-state index in [1.807, 2.05) is 12.1 Å². The average Bonchev–Trinajstić information content (AvgIpc) is 3.52. The van der Waals surface area contributed by atoms with Gasteiger partial charge in [-0.05, 0) is 74.5 Å². The van der Waals surface area contributed by atoms with Crippen LogP contribution in [0.4, 0.5) is 0 Å². The van der Waals surface area contributed by atoms with Crippen molar-refractivity contribution in [2.24, 2.45) is 5.92 Å². The van der Waals surface area contributed by atoms with Crippen LogP contribution in [0.3, 0.4) is 0 Å². The van der Waals surface area contributed by atoms with E-state index in [4.69, 9.17) is 5.11 Å². The summed E-state index contributed by atoms with van der Waals surface area (Å²) in [4.78, 5) is 13.5. The number of carboxylic acid groups (broad SMARTS) is 1. The molecule has 4 heteroatoms. The number of aromatic carboxylic acids is 1. The fourth-order valence-electron chi connectivity index (χ4n) is 4.32. The molecular weight excluding hydrogens is 348 g/mol. The SMILES string of the molecule is O=C(O)c1ccc(CCN2CCC(CNC3CC3c3ccccc3)CC2)cc1. The molecule has 2 aromatic rings. The highest BCUT2D eigenvalue weighted by molar-refractivity contribution is 5.87. The standard InChI is InChI=1S/C24H30N2O2/c27-24(28)21-8-6-18(7-9-21)10-13-26-14-11-19(12-15-26)17-25-23-16-22(23)20-4-2-1-3-5-20/h1-9,19,22-23,25H,10-17H2,(H,27,28). The first-order valence-electron chi connectivity index (χ1n) is 10.5. The molecule has 4 rings (SSSR count). The third-order valence-electron chi connectivity index (χ3n) is 6.31. The summed E-state index contributed by atoms with van der Waals surface area (Å²) in [7, 11) is 0. The van der Waals surface area contributed by atoms with Crippen LogP contribution in [0, 0.1) is 5.92 Å². The van der Waals surface area contributed by atoms with Gasteiger partial charge in [-0.3, -0.25) is 0 Å². The smallest absolute Gasteiger partial charge is 0.335 e. The van der Waals surface area contributed by atoms with E-state index in [-0.39, 0.29) is 0 Å². The fourth-order valence-corrected chi connectivity index (χ4v) is 4.32. The van der Waals surface area contributed by atoms with Crippen molar-refractivity contribution in [2.75, 3.05) is 26.2 Å². The Morgan fingerprint density at radius 3 is 2.43 bits per heavy atom. The minimum Gasteiger partial charge on any atom is -0.478 e. The third kappa shape index (κ3) is 5.00. The van der Waals surface area contributed by atoms with Crippen molar-refractivity contribution in [1.29, 1.82) is 0 Å². The predicted molar refractivity (Wildman–Crippen MR) is 112 cm³/mol. The molecule has 1 heterocycles. The molecule has 1 aliphatic carbocycles. The van der Waals surface area contributed by atoms with Gasteiger partial charge >= 0.3 is 5.97 Å². The first-order chi connectivity index (χ1) is 13.7. The van der Waals surface area contributed by atoms with E-state index in [1.54, 1.807) is 12.1 Å². The van der Waals surface area contributed by atoms with E-state index in [0.29, 0.717) is 17.5 Å². The number of benzene rings is 2. The Balaban J connectivity index is 1.13. The third-order valence-corrected chi connectivity index (χ3v) is 6.31. The lowest BCUT2D eigenvalue weighted by atomic mass is 9.96. The molecule has 2 fully saturated rings. The summed E-state index contributed by atoms with van der Waals surface area (Å²) in [5.74, 6) is 0.653. The molecule has 0 amide bonds. The summed E-state index contributed by atoms with van der Waals surface area (Å²) in [6.45, 7) is 4.56. The van der Waals surface area contributed by atoms with E-state index < -0.39 is 5.97 Å². The van der Waals surface area contributed by atoms with Gasteiger partial charge in [-0.1, -0.05) is 42.5 Å². The van der Waals surface area contributed by atoms with Gasteiger partial charge in [0, 0.05) is 18.5 Å². The fraction of sp³-hybridized carbons (Fsp3) is 0.458. The van der Waals surface area contributed by atoms with E-state index in [1.165, 1.54) is 43.5 Å². The van der Waals surface area contributed by atoms with Crippen molar-refractivity contribution in [3.63, 3.8) is 0 Å². The molecule has 1 saturated carbocycles. The van der Waals surface area contributed by atoms with Crippen LogP contribution in [0.1, 0.15) is 46.7 Å². The molecule has 2 unspecified atom stereocenters. The van der Waals surface area contributed by atoms with Gasteiger partial charge in [-0.25, -0.2) is 4.79 Å². The van der Waals surface area contributed by atoms with Gasteiger partial charge in [0.05, 0.1) is 5.56 Å². The molecule has 2 aromatic carbocycles. The molecule has 1 aliphatic heterocycles. The van der Waals surface area contributed by atoms with Gasteiger partial charge in [0.15, 0.2) is 0 Å². The molecule has 0 aromatic heterocycles. The van der Waals surface area contributed by atoms with Crippen molar-refractivity contribution >= 4 is 5.97 Å². The van der Waals surface area contributed by atoms with Crippen LogP contribution in [0.15, 0.2) is 54.6 Å². The molecule has 1 saturated heterocycles. The number of piperidine rings is 1. The van der Waals surface area contributed by atoms with Gasteiger partial charge in [-0.15, -0.1) is 0 Å². The van der Waals surface area contributed by atoms with Crippen LogP contribution in [0.25, 0.3) is 0 Å². The van der Waals surface area contributed by atoms with E-state index in [2.05, 4.69) is 40.5 Å². The molecule has 0 spiro atoms. The first kappa shape index (κ1) is 19.2. The minimum absolute atomic E-state index is 0.363. The highest BCUT2D eigenvalue weighted by atomic mass is 16.4. The number of carboxylic acids is 1. The largest absolute Gasteiger partial charge is 0.478 e. The Bertz CT molecular complexity index is 767. The lowest BCUT2D eigenvalue weighted by Gasteiger charge is -2.32. The van der Waals surface area contributed by atoms with Gasteiger partial charge in [0.1, 0.15) is 0 Å². The lowest BCUT2D eigenvalue weighted by Crippen LogP contribution is -2.38. The van der Waals surface area contributed by atoms with Gasteiger partial charge in [0.25, 0.3) is 0 Å². The topological polar surface area (TPSA) is 52.6 Å². The zero-order chi connectivity index (χ0) is 19.3. The Morgan fingerprint density at radius 2 is 1.75 bits per heavy atom. The van der Waals surface area contributed by atoms with Gasteiger partial charge in [0.2, 0.25) is 0 Å². The zero-order valence-electron chi connectivity index (χ0n) is 16.4. The predicted octanol–water partition coefficient (Wildman–Crippen LogP) is 3.79. The Hall–Kier alpha value is -2.17. The lowest BCUT2D eigenvalue weighted by molar-refractivity contribution is 0.0697. The van der Waals surface area contributed by atoms with Crippen molar-refractivity contribution in [3.05, 3.63) is 71.3 Å². The summed E-state index contributed by atoms with van der Waals surface area (Å²) in [5.41, 5.74) is 3.06. The van der Waals surface area contributed by atoms with Crippen molar-refractivity contribution in [1.82, 2.24) is 10.2 Å². The summed E-state index contributed by atoms with van der Waals surface area (Å²) in [6, 6.07) is 18.8. The second-order valence-electron chi connectivity index (χ2n) is 8.30. The van der Waals surface area contributed by atoms with Crippen molar-refractivity contribution in [3.8, 4) is 0 Å². The number of carbonyl (C=O) groups is 1. The Morgan fingerprint density at radius 1 is 1.04 bits per heavy atom. The summed E-state index contributed by atoms with van der Waals surface area (Å²) < 4.78 is 0. The minimum atomic E-state index is -0.858. The quantitative estimate of drug-likeness (QED) is 0.734. The number of nitrogens with one attached hydrogen (secondary N) is 1. The van der Waals surface area contributed by atoms with Crippen LogP contribution < -0.4 is 5.32 Å². The number of likely N-dealkylation sites (tertiary alicyclic amines) is 1. The monoisotopic (exact) mass is 378 g/mol. The molecule has 2 aliphatic rings. The van der Waals surface area contributed by atoms with Crippen LogP contribution in [0.2, 0.25) is 0 Å². The van der Waals surface area contributed by atoms with E-state index in [9.17, 15) is 4.79 Å². The normalized spacial score (nSPS) is 22.9. The Kier molecular flexibility index (Phi) is 6.08. The zero-order valence-corrected chi connectivity index (χ0v) is 16.4.